The number of carbonyl (C=O) groups excluding carboxylic acids is 1. The zero-order chi connectivity index (χ0) is 17.9. The predicted octanol–water partition coefficient (Wildman–Crippen LogP) is 1.80. The fraction of sp³-hybridized carbons (Fsp3) is 0.500. The van der Waals surface area contributed by atoms with Crippen molar-refractivity contribution in [2.24, 2.45) is 7.05 Å². The number of rotatable bonds is 7. The maximum Gasteiger partial charge on any atom is 0.326 e. The Morgan fingerprint density at radius 3 is 2.67 bits per heavy atom. The molecule has 2 heterocycles. The maximum atomic E-state index is 12.3. The minimum atomic E-state index is -1.03. The van der Waals surface area contributed by atoms with Crippen LogP contribution in [0.1, 0.15) is 48.1 Å². The van der Waals surface area contributed by atoms with Gasteiger partial charge in [0.15, 0.2) is 0 Å². The Kier molecular flexibility index (Phi) is 5.38. The Balaban J connectivity index is 2.17. The van der Waals surface area contributed by atoms with Crippen LogP contribution in [0.3, 0.4) is 0 Å². The van der Waals surface area contributed by atoms with Gasteiger partial charge in [0.05, 0.1) is 11.4 Å². The monoisotopic (exact) mass is 333 g/mol. The molecule has 0 aliphatic rings. The first-order chi connectivity index (χ1) is 11.3. The molecule has 8 nitrogen and oxygen atoms in total. The summed E-state index contributed by atoms with van der Waals surface area (Å²) in [6.07, 6.45) is 2.01. The molecule has 130 valence electrons. The molecule has 0 saturated heterocycles. The molecule has 0 saturated carbocycles. The number of aryl methyl sites for hydroxylation is 2. The van der Waals surface area contributed by atoms with Gasteiger partial charge in [0.2, 0.25) is 0 Å². The highest BCUT2D eigenvalue weighted by molar-refractivity contribution is 5.95. The number of carboxylic acids is 1. The van der Waals surface area contributed by atoms with Gasteiger partial charge in [-0.1, -0.05) is 19.8 Å². The molecule has 2 aromatic rings. The number of unbranched alkanes of at least 4 members (excludes halogenated alkanes) is 1. The molecule has 0 aliphatic carbocycles. The molecule has 3 N–H and O–H groups in total. The first-order valence-corrected chi connectivity index (χ1v) is 7.94. The van der Waals surface area contributed by atoms with Crippen LogP contribution < -0.4 is 5.32 Å². The zero-order valence-electron chi connectivity index (χ0n) is 14.4. The number of aliphatic carboxylic acids is 1. The molecule has 2 rings (SSSR count). The third-order valence-corrected chi connectivity index (χ3v) is 4.04. The van der Waals surface area contributed by atoms with Crippen LogP contribution in [-0.4, -0.2) is 43.0 Å². The number of H-pyrrole nitrogens is 1. The Labute approximate surface area is 140 Å². The lowest BCUT2D eigenvalue weighted by Gasteiger charge is -2.13. The van der Waals surface area contributed by atoms with E-state index in [9.17, 15) is 14.7 Å². The summed E-state index contributed by atoms with van der Waals surface area (Å²) < 4.78 is 1.75. The Bertz CT molecular complexity index is 747. The largest absolute Gasteiger partial charge is 0.480 e. The topological polar surface area (TPSA) is 113 Å². The highest BCUT2D eigenvalue weighted by Gasteiger charge is 2.22. The third kappa shape index (κ3) is 3.64. The smallest absolute Gasteiger partial charge is 0.326 e. The van der Waals surface area contributed by atoms with Crippen molar-refractivity contribution >= 4 is 11.9 Å². The SMILES string of the molecule is CCCCC(NC(=O)c1cc(-c2c(C)nn(C)c2C)n[nH]1)C(=O)O. The average Bonchev–Trinajstić information content (AvgIpc) is 3.08. The number of amides is 1. The number of hydrogen-bond acceptors (Lipinski definition) is 4. The van der Waals surface area contributed by atoms with Crippen molar-refractivity contribution < 1.29 is 14.7 Å². The summed E-state index contributed by atoms with van der Waals surface area (Å²) in [5.74, 6) is -1.51. The summed E-state index contributed by atoms with van der Waals surface area (Å²) in [5, 5.41) is 22.9. The molecule has 0 aliphatic heterocycles. The van der Waals surface area contributed by atoms with E-state index in [2.05, 4.69) is 20.6 Å². The van der Waals surface area contributed by atoms with E-state index in [4.69, 9.17) is 0 Å². The van der Waals surface area contributed by atoms with Crippen molar-refractivity contribution in [2.75, 3.05) is 0 Å². The Morgan fingerprint density at radius 2 is 2.12 bits per heavy atom. The van der Waals surface area contributed by atoms with Crippen LogP contribution in [0.4, 0.5) is 0 Å². The minimum absolute atomic E-state index is 0.232. The Morgan fingerprint density at radius 1 is 1.42 bits per heavy atom. The molecule has 0 radical (unpaired) electrons. The van der Waals surface area contributed by atoms with E-state index in [1.54, 1.807) is 10.7 Å². The molecular weight excluding hydrogens is 310 g/mol. The van der Waals surface area contributed by atoms with Crippen molar-refractivity contribution in [1.29, 1.82) is 0 Å². The number of aromatic amines is 1. The van der Waals surface area contributed by atoms with Crippen molar-refractivity contribution in [2.45, 2.75) is 46.1 Å². The van der Waals surface area contributed by atoms with Gasteiger partial charge in [-0.05, 0) is 26.3 Å². The summed E-state index contributed by atoms with van der Waals surface area (Å²) in [4.78, 5) is 23.5. The molecule has 0 spiro atoms. The molecule has 2 aromatic heterocycles. The van der Waals surface area contributed by atoms with E-state index in [1.807, 2.05) is 27.8 Å². The van der Waals surface area contributed by atoms with E-state index < -0.39 is 17.9 Å². The first-order valence-electron chi connectivity index (χ1n) is 7.94. The Hall–Kier alpha value is -2.64. The number of hydrogen-bond donors (Lipinski definition) is 3. The zero-order valence-corrected chi connectivity index (χ0v) is 14.4. The second kappa shape index (κ2) is 7.29. The number of carboxylic acid groups (broad SMARTS) is 1. The normalized spacial score (nSPS) is 12.2. The highest BCUT2D eigenvalue weighted by Crippen LogP contribution is 2.25. The number of nitrogens with one attached hydrogen (secondary N) is 2. The predicted molar refractivity (Wildman–Crippen MR) is 88.7 cm³/mol. The quantitative estimate of drug-likeness (QED) is 0.715. The van der Waals surface area contributed by atoms with Gasteiger partial charge in [-0.3, -0.25) is 14.6 Å². The van der Waals surface area contributed by atoms with E-state index in [-0.39, 0.29) is 5.69 Å². The average molecular weight is 333 g/mol. The van der Waals surface area contributed by atoms with E-state index in [0.717, 1.165) is 29.8 Å². The summed E-state index contributed by atoms with van der Waals surface area (Å²) in [6.45, 7) is 5.78. The fourth-order valence-corrected chi connectivity index (χ4v) is 2.61. The van der Waals surface area contributed by atoms with Crippen LogP contribution in [0.25, 0.3) is 11.3 Å². The van der Waals surface area contributed by atoms with Gasteiger partial charge >= 0.3 is 5.97 Å². The van der Waals surface area contributed by atoms with Crippen LogP contribution in [-0.2, 0) is 11.8 Å². The lowest BCUT2D eigenvalue weighted by Crippen LogP contribution is -2.40. The fourth-order valence-electron chi connectivity index (χ4n) is 2.61. The van der Waals surface area contributed by atoms with Crippen LogP contribution in [0.2, 0.25) is 0 Å². The van der Waals surface area contributed by atoms with Gasteiger partial charge in [-0.15, -0.1) is 0 Å². The van der Waals surface area contributed by atoms with Gasteiger partial charge in [0, 0.05) is 18.3 Å². The maximum absolute atomic E-state index is 12.3. The van der Waals surface area contributed by atoms with Crippen LogP contribution in [0.15, 0.2) is 6.07 Å². The van der Waals surface area contributed by atoms with E-state index in [0.29, 0.717) is 12.1 Å². The number of aromatic nitrogens is 4. The van der Waals surface area contributed by atoms with Crippen LogP contribution >= 0.6 is 0 Å². The van der Waals surface area contributed by atoms with E-state index >= 15 is 0 Å². The van der Waals surface area contributed by atoms with Gasteiger partial charge < -0.3 is 10.4 Å². The molecule has 0 aromatic carbocycles. The lowest BCUT2D eigenvalue weighted by atomic mass is 10.1. The summed E-state index contributed by atoms with van der Waals surface area (Å²) >= 11 is 0. The van der Waals surface area contributed by atoms with Gasteiger partial charge in [0.25, 0.3) is 5.91 Å². The molecule has 1 amide bonds. The van der Waals surface area contributed by atoms with Crippen LogP contribution in [0, 0.1) is 13.8 Å². The molecule has 24 heavy (non-hydrogen) atoms. The summed E-state index contributed by atoms with van der Waals surface area (Å²) in [6, 6.07) is 0.719. The molecule has 0 fully saturated rings. The molecule has 0 bridgehead atoms. The molecule has 1 unspecified atom stereocenters. The van der Waals surface area contributed by atoms with Crippen molar-refractivity contribution in [3.63, 3.8) is 0 Å². The second-order valence-electron chi connectivity index (χ2n) is 5.84. The van der Waals surface area contributed by atoms with Crippen LogP contribution in [0.5, 0.6) is 0 Å². The highest BCUT2D eigenvalue weighted by atomic mass is 16.4. The third-order valence-electron chi connectivity index (χ3n) is 4.04. The minimum Gasteiger partial charge on any atom is -0.480 e. The van der Waals surface area contributed by atoms with Gasteiger partial charge in [-0.2, -0.15) is 10.2 Å². The first kappa shape index (κ1) is 17.7. The molecule has 8 heteroatoms. The lowest BCUT2D eigenvalue weighted by molar-refractivity contribution is -0.139. The van der Waals surface area contributed by atoms with E-state index in [1.165, 1.54) is 0 Å². The number of carbonyl (C=O) groups is 2. The molecular formula is C16H23N5O3. The van der Waals surface area contributed by atoms with Crippen molar-refractivity contribution in [3.05, 3.63) is 23.1 Å². The molecule has 1 atom stereocenters. The van der Waals surface area contributed by atoms with Gasteiger partial charge in [0.1, 0.15) is 11.7 Å². The second-order valence-corrected chi connectivity index (χ2v) is 5.84. The van der Waals surface area contributed by atoms with Crippen molar-refractivity contribution in [1.82, 2.24) is 25.3 Å². The summed E-state index contributed by atoms with van der Waals surface area (Å²) in [7, 11) is 1.84. The number of nitrogens with zero attached hydrogens (tertiary/aromatic N) is 3. The standard InChI is InChI=1S/C16H23N5O3/c1-5-6-7-11(16(23)24)17-15(22)13-8-12(18-19-13)14-9(2)20-21(4)10(14)3/h8,11H,5-7H2,1-4H3,(H,17,22)(H,18,19)(H,23,24). The summed E-state index contributed by atoms with van der Waals surface area (Å²) in [5.41, 5.74) is 3.48. The van der Waals surface area contributed by atoms with Gasteiger partial charge in [-0.25, -0.2) is 4.79 Å². The van der Waals surface area contributed by atoms with Crippen molar-refractivity contribution in [3.8, 4) is 11.3 Å².